The van der Waals surface area contributed by atoms with Crippen molar-refractivity contribution in [3.63, 3.8) is 0 Å². The molecule has 1 aromatic carbocycles. The molecule has 0 spiro atoms. The van der Waals surface area contributed by atoms with Crippen LogP contribution in [0.2, 0.25) is 0 Å². The highest BCUT2D eigenvalue weighted by Gasteiger charge is 2.26. The second-order valence-electron chi connectivity index (χ2n) is 5.05. The van der Waals surface area contributed by atoms with Gasteiger partial charge in [-0.3, -0.25) is 0 Å². The van der Waals surface area contributed by atoms with E-state index < -0.39 is 0 Å². The zero-order valence-electron chi connectivity index (χ0n) is 10.3. The number of fused-ring (bicyclic) bond motifs is 3. The molecule has 0 radical (unpaired) electrons. The lowest BCUT2D eigenvalue weighted by atomic mass is 9.83. The average molecular weight is 227 g/mol. The van der Waals surface area contributed by atoms with Crippen LogP contribution in [-0.2, 0) is 0 Å². The number of aromatic nitrogens is 1. The maximum atomic E-state index is 5.70. The fourth-order valence-corrected chi connectivity index (χ4v) is 2.73. The smallest absolute Gasteiger partial charge is 0.217 e. The van der Waals surface area contributed by atoms with E-state index in [1.807, 2.05) is 6.20 Å². The SMILES string of the molecule is CC(C)C1CCOc2ncc3ccccc3c21. The summed E-state index contributed by atoms with van der Waals surface area (Å²) in [6.45, 7) is 5.35. The van der Waals surface area contributed by atoms with Crippen molar-refractivity contribution in [3.05, 3.63) is 36.0 Å². The predicted octanol–water partition coefficient (Wildman–Crippen LogP) is 3.76. The highest BCUT2D eigenvalue weighted by molar-refractivity contribution is 5.87. The second-order valence-corrected chi connectivity index (χ2v) is 5.05. The Labute approximate surface area is 102 Å². The Kier molecular flexibility index (Phi) is 2.50. The Morgan fingerprint density at radius 2 is 2.12 bits per heavy atom. The molecule has 17 heavy (non-hydrogen) atoms. The van der Waals surface area contributed by atoms with Crippen LogP contribution >= 0.6 is 0 Å². The van der Waals surface area contributed by atoms with Crippen molar-refractivity contribution in [1.29, 1.82) is 0 Å². The Morgan fingerprint density at radius 1 is 1.29 bits per heavy atom. The quantitative estimate of drug-likeness (QED) is 0.740. The van der Waals surface area contributed by atoms with Crippen LogP contribution in [0.1, 0.15) is 31.7 Å². The van der Waals surface area contributed by atoms with E-state index in [4.69, 9.17) is 4.74 Å². The van der Waals surface area contributed by atoms with Gasteiger partial charge in [0.25, 0.3) is 0 Å². The summed E-state index contributed by atoms with van der Waals surface area (Å²) in [5, 5.41) is 2.51. The summed E-state index contributed by atoms with van der Waals surface area (Å²) in [7, 11) is 0. The fourth-order valence-electron chi connectivity index (χ4n) is 2.73. The van der Waals surface area contributed by atoms with E-state index in [2.05, 4.69) is 43.1 Å². The number of benzene rings is 1. The van der Waals surface area contributed by atoms with Crippen LogP contribution in [0.15, 0.2) is 30.5 Å². The first-order valence-corrected chi connectivity index (χ1v) is 6.28. The van der Waals surface area contributed by atoms with Gasteiger partial charge < -0.3 is 4.74 Å². The van der Waals surface area contributed by atoms with Gasteiger partial charge in [0.15, 0.2) is 0 Å². The van der Waals surface area contributed by atoms with Crippen LogP contribution in [0.25, 0.3) is 10.8 Å². The summed E-state index contributed by atoms with van der Waals surface area (Å²) in [6, 6.07) is 8.45. The van der Waals surface area contributed by atoms with Crippen LogP contribution in [0.3, 0.4) is 0 Å². The van der Waals surface area contributed by atoms with Crippen molar-refractivity contribution in [1.82, 2.24) is 4.98 Å². The van der Waals surface area contributed by atoms with Crippen molar-refractivity contribution < 1.29 is 4.74 Å². The van der Waals surface area contributed by atoms with Crippen molar-refractivity contribution >= 4 is 10.8 Å². The van der Waals surface area contributed by atoms with E-state index in [1.165, 1.54) is 16.3 Å². The molecule has 2 heterocycles. The summed E-state index contributed by atoms with van der Waals surface area (Å²) in [6.07, 6.45) is 3.01. The van der Waals surface area contributed by atoms with Crippen molar-refractivity contribution in [2.75, 3.05) is 6.61 Å². The minimum atomic E-state index is 0.567. The zero-order chi connectivity index (χ0) is 11.8. The first-order valence-electron chi connectivity index (χ1n) is 6.28. The molecule has 0 aliphatic carbocycles. The van der Waals surface area contributed by atoms with E-state index in [1.54, 1.807) is 0 Å². The Bertz CT molecular complexity index is 548. The summed E-state index contributed by atoms with van der Waals surface area (Å²) in [5.74, 6) is 2.04. The van der Waals surface area contributed by atoms with Gasteiger partial charge >= 0.3 is 0 Å². The molecule has 2 heteroatoms. The van der Waals surface area contributed by atoms with Gasteiger partial charge in [0.05, 0.1) is 6.61 Å². The van der Waals surface area contributed by atoms with E-state index in [0.717, 1.165) is 18.9 Å². The van der Waals surface area contributed by atoms with Gasteiger partial charge in [0.1, 0.15) is 0 Å². The maximum Gasteiger partial charge on any atom is 0.217 e. The van der Waals surface area contributed by atoms with Gasteiger partial charge in [-0.25, -0.2) is 4.98 Å². The number of ether oxygens (including phenoxy) is 1. The minimum Gasteiger partial charge on any atom is -0.477 e. The van der Waals surface area contributed by atoms with Crippen molar-refractivity contribution in [2.24, 2.45) is 5.92 Å². The Balaban J connectivity index is 2.28. The van der Waals surface area contributed by atoms with Crippen LogP contribution in [0.4, 0.5) is 0 Å². The molecule has 0 fully saturated rings. The molecule has 0 bridgehead atoms. The Morgan fingerprint density at radius 3 is 2.94 bits per heavy atom. The van der Waals surface area contributed by atoms with Crippen LogP contribution in [0.5, 0.6) is 5.88 Å². The third kappa shape index (κ3) is 1.68. The summed E-state index contributed by atoms with van der Waals surface area (Å²) < 4.78 is 5.70. The normalized spacial score (nSPS) is 19.1. The number of hydrogen-bond donors (Lipinski definition) is 0. The van der Waals surface area contributed by atoms with Crippen LogP contribution in [-0.4, -0.2) is 11.6 Å². The summed E-state index contributed by atoms with van der Waals surface area (Å²) in [4.78, 5) is 4.46. The molecule has 2 nitrogen and oxygen atoms in total. The number of hydrogen-bond acceptors (Lipinski definition) is 2. The van der Waals surface area contributed by atoms with Gasteiger partial charge in [0.2, 0.25) is 5.88 Å². The Hall–Kier alpha value is -1.57. The molecular formula is C15H17NO. The van der Waals surface area contributed by atoms with E-state index >= 15 is 0 Å². The monoisotopic (exact) mass is 227 g/mol. The zero-order valence-corrected chi connectivity index (χ0v) is 10.3. The van der Waals surface area contributed by atoms with E-state index in [0.29, 0.717) is 11.8 Å². The third-order valence-electron chi connectivity index (χ3n) is 3.65. The minimum absolute atomic E-state index is 0.567. The van der Waals surface area contributed by atoms with Crippen molar-refractivity contribution in [3.8, 4) is 5.88 Å². The van der Waals surface area contributed by atoms with E-state index in [-0.39, 0.29) is 0 Å². The third-order valence-corrected chi connectivity index (χ3v) is 3.65. The summed E-state index contributed by atoms with van der Waals surface area (Å²) in [5.41, 5.74) is 1.31. The highest BCUT2D eigenvalue weighted by Crippen LogP contribution is 2.40. The molecule has 1 aliphatic rings. The van der Waals surface area contributed by atoms with Gasteiger partial charge in [-0.15, -0.1) is 0 Å². The molecular weight excluding hydrogens is 210 g/mol. The molecule has 0 saturated heterocycles. The van der Waals surface area contributed by atoms with Gasteiger partial charge in [-0.05, 0) is 23.6 Å². The molecule has 0 saturated carbocycles. The topological polar surface area (TPSA) is 22.1 Å². The molecule has 0 N–H and O–H groups in total. The number of rotatable bonds is 1. The lowest BCUT2D eigenvalue weighted by molar-refractivity contribution is 0.239. The fraction of sp³-hybridized carbons (Fsp3) is 0.400. The molecule has 1 aliphatic heterocycles. The predicted molar refractivity (Wildman–Crippen MR) is 69.4 cm³/mol. The molecule has 1 aromatic heterocycles. The molecule has 1 unspecified atom stereocenters. The number of pyridine rings is 1. The lowest BCUT2D eigenvalue weighted by Crippen LogP contribution is -2.19. The average Bonchev–Trinajstić information content (AvgIpc) is 2.37. The largest absolute Gasteiger partial charge is 0.477 e. The summed E-state index contributed by atoms with van der Waals surface area (Å²) >= 11 is 0. The van der Waals surface area contributed by atoms with E-state index in [9.17, 15) is 0 Å². The second kappa shape index (κ2) is 4.02. The van der Waals surface area contributed by atoms with Crippen LogP contribution in [0, 0.1) is 5.92 Å². The lowest BCUT2D eigenvalue weighted by Gasteiger charge is -2.29. The molecule has 88 valence electrons. The van der Waals surface area contributed by atoms with Gasteiger partial charge in [0, 0.05) is 17.1 Å². The first kappa shape index (κ1) is 10.6. The first-order chi connectivity index (χ1) is 8.27. The van der Waals surface area contributed by atoms with Crippen LogP contribution < -0.4 is 4.74 Å². The highest BCUT2D eigenvalue weighted by atomic mass is 16.5. The maximum absolute atomic E-state index is 5.70. The molecule has 0 amide bonds. The standard InChI is InChI=1S/C15H17NO/c1-10(2)12-7-8-17-15-14(12)13-6-4-3-5-11(13)9-16-15/h3-6,9-10,12H,7-8H2,1-2H3. The van der Waals surface area contributed by atoms with Gasteiger partial charge in [-0.1, -0.05) is 38.1 Å². The molecule has 1 atom stereocenters. The number of nitrogens with zero attached hydrogens (tertiary/aromatic N) is 1. The molecule has 3 rings (SSSR count). The van der Waals surface area contributed by atoms with Crippen molar-refractivity contribution in [2.45, 2.75) is 26.2 Å². The molecule has 2 aromatic rings. The van der Waals surface area contributed by atoms with Gasteiger partial charge in [-0.2, -0.15) is 0 Å².